The van der Waals surface area contributed by atoms with Crippen LogP contribution in [0.5, 0.6) is 0 Å². The molecule has 0 aromatic rings. The maximum absolute atomic E-state index is 8.25. The molecule has 0 aromatic heterocycles. The van der Waals surface area contributed by atoms with Gasteiger partial charge in [0.05, 0.1) is 23.1 Å². The molecule has 0 aliphatic carbocycles. The largest absolute Gasteiger partial charge is 2.00 e. The minimum Gasteiger partial charge on any atom is -0.375 e. The summed E-state index contributed by atoms with van der Waals surface area (Å²) in [6.45, 7) is 1.99. The average molecular weight is 253 g/mol. The van der Waals surface area contributed by atoms with Crippen molar-refractivity contribution >= 4 is 6.34 Å². The molecule has 10 nitrogen and oxygen atoms in total. The minimum absolute atomic E-state index is 0. The maximum atomic E-state index is 8.25. The van der Waals surface area contributed by atoms with Crippen molar-refractivity contribution in [3.63, 3.8) is 0 Å². The van der Waals surface area contributed by atoms with E-state index in [9.17, 15) is 0 Å². The van der Waals surface area contributed by atoms with Crippen LogP contribution in [-0.2, 0) is 16.8 Å². The molecule has 0 aromatic carbocycles. The van der Waals surface area contributed by atoms with Gasteiger partial charge in [-0.25, -0.2) is 0 Å². The molecule has 0 saturated heterocycles. The van der Waals surface area contributed by atoms with Gasteiger partial charge in [-0.3, -0.25) is 4.99 Å². The number of hydrogen-bond donors (Lipinski definition) is 1. The van der Waals surface area contributed by atoms with E-state index in [2.05, 4.69) is 10.3 Å². The molecule has 0 amide bonds. The SMILES string of the molecule is C1=NCCN1.O=[N+]([O-])[O-].O=[N+]([O-])[O-].[Co+2]. The molecule has 1 heterocycles. The number of aliphatic imine (C=N–C) groups is 1. The molecule has 0 unspecified atom stereocenters. The summed E-state index contributed by atoms with van der Waals surface area (Å²) in [6.07, 6.45) is 1.74. The van der Waals surface area contributed by atoms with Gasteiger partial charge in [-0.1, -0.05) is 0 Å². The average Bonchev–Trinajstić information content (AvgIpc) is 2.35. The van der Waals surface area contributed by atoms with Crippen molar-refractivity contribution in [3.05, 3.63) is 30.6 Å². The van der Waals surface area contributed by atoms with Crippen LogP contribution in [0, 0.1) is 30.6 Å². The zero-order valence-electron chi connectivity index (χ0n) is 6.62. The molecule has 1 N–H and O–H groups in total. The van der Waals surface area contributed by atoms with Gasteiger partial charge in [-0.05, 0) is 0 Å². The Morgan fingerprint density at radius 2 is 1.50 bits per heavy atom. The molecule has 1 rings (SSSR count). The molecule has 83 valence electrons. The van der Waals surface area contributed by atoms with Crippen molar-refractivity contribution < 1.29 is 27.0 Å². The standard InChI is InChI=1S/C3H6N2.Co.2NO3/c1-2-5-3-4-1;;2*2-1(3)4/h3H,1-2H2,(H,4,5);;;/q;+2;2*-1. The third kappa shape index (κ3) is 80.0. The van der Waals surface area contributed by atoms with Gasteiger partial charge in [-0.15, -0.1) is 0 Å². The third-order valence-corrected chi connectivity index (χ3v) is 0.568. The number of rotatable bonds is 0. The molecule has 1 aliphatic rings. The second kappa shape index (κ2) is 13.9. The first-order valence-corrected chi connectivity index (χ1v) is 2.81. The van der Waals surface area contributed by atoms with Crippen molar-refractivity contribution in [1.29, 1.82) is 0 Å². The fourth-order valence-corrected chi connectivity index (χ4v) is 0.323. The van der Waals surface area contributed by atoms with Crippen LogP contribution >= 0.6 is 0 Å². The second-order valence-corrected chi connectivity index (χ2v) is 1.44. The van der Waals surface area contributed by atoms with Gasteiger partial charge in [0.15, 0.2) is 0 Å². The van der Waals surface area contributed by atoms with Gasteiger partial charge < -0.3 is 36.0 Å². The van der Waals surface area contributed by atoms with E-state index < -0.39 is 10.2 Å². The Labute approximate surface area is 88.0 Å². The van der Waals surface area contributed by atoms with E-state index in [4.69, 9.17) is 30.6 Å². The summed E-state index contributed by atoms with van der Waals surface area (Å²) in [4.78, 5) is 20.3. The van der Waals surface area contributed by atoms with Crippen molar-refractivity contribution in [1.82, 2.24) is 5.32 Å². The monoisotopic (exact) mass is 253 g/mol. The van der Waals surface area contributed by atoms with Gasteiger partial charge in [0, 0.05) is 6.54 Å². The molecular weight excluding hydrogens is 247 g/mol. The summed E-state index contributed by atoms with van der Waals surface area (Å²) in [6, 6.07) is 0. The van der Waals surface area contributed by atoms with Crippen molar-refractivity contribution in [2.24, 2.45) is 4.99 Å². The van der Waals surface area contributed by atoms with E-state index in [0.29, 0.717) is 0 Å². The summed E-state index contributed by atoms with van der Waals surface area (Å²) < 4.78 is 0. The quantitative estimate of drug-likeness (QED) is 0.434. The molecule has 0 atom stereocenters. The molecule has 1 aliphatic heterocycles. The van der Waals surface area contributed by atoms with Crippen LogP contribution in [-0.4, -0.2) is 29.6 Å². The first-order valence-electron chi connectivity index (χ1n) is 2.81. The van der Waals surface area contributed by atoms with Crippen LogP contribution in [0.2, 0.25) is 0 Å². The Kier molecular flexibility index (Phi) is 18.1. The van der Waals surface area contributed by atoms with Crippen molar-refractivity contribution in [2.75, 3.05) is 13.1 Å². The van der Waals surface area contributed by atoms with Gasteiger partial charge >= 0.3 is 16.8 Å². The predicted octanol–water partition coefficient (Wildman–Crippen LogP) is -0.863. The first-order chi connectivity index (χ1) is 5.96. The van der Waals surface area contributed by atoms with Crippen LogP contribution in [0.4, 0.5) is 0 Å². The molecular formula is C3H6CoN4O6. The molecule has 1 radical (unpaired) electrons. The second-order valence-electron chi connectivity index (χ2n) is 1.44. The fraction of sp³-hybridized carbons (Fsp3) is 0.667. The fourth-order valence-electron chi connectivity index (χ4n) is 0.323. The summed E-state index contributed by atoms with van der Waals surface area (Å²) >= 11 is 0. The number of nitrogens with zero attached hydrogens (tertiary/aromatic N) is 3. The summed E-state index contributed by atoms with van der Waals surface area (Å²) in [7, 11) is 0. The zero-order chi connectivity index (χ0) is 10.7. The number of nitrogens with one attached hydrogen (secondary N) is 1. The van der Waals surface area contributed by atoms with Gasteiger partial charge in [-0.2, -0.15) is 0 Å². The first kappa shape index (κ1) is 18.2. The van der Waals surface area contributed by atoms with E-state index >= 15 is 0 Å². The normalized spacial score (nSPS) is 10.3. The Morgan fingerprint density at radius 1 is 1.14 bits per heavy atom. The van der Waals surface area contributed by atoms with Gasteiger partial charge in [0.2, 0.25) is 0 Å². The summed E-state index contributed by atoms with van der Waals surface area (Å²) in [5, 5.41) is 32.4. The van der Waals surface area contributed by atoms with Crippen LogP contribution in [0.25, 0.3) is 0 Å². The molecule has 0 bridgehead atoms. The predicted molar refractivity (Wildman–Crippen MR) is 42.1 cm³/mol. The Balaban J connectivity index is -0.000000127. The maximum Gasteiger partial charge on any atom is 2.00 e. The van der Waals surface area contributed by atoms with Gasteiger partial charge in [0.1, 0.15) is 0 Å². The number of hydrogen-bond acceptors (Lipinski definition) is 8. The van der Waals surface area contributed by atoms with E-state index in [0.717, 1.165) is 13.1 Å². The Bertz CT molecular complexity index is 160. The molecule has 0 saturated carbocycles. The van der Waals surface area contributed by atoms with Gasteiger partial charge in [0.25, 0.3) is 0 Å². The van der Waals surface area contributed by atoms with E-state index in [-0.39, 0.29) is 16.8 Å². The van der Waals surface area contributed by atoms with E-state index in [1.54, 1.807) is 6.34 Å². The summed E-state index contributed by atoms with van der Waals surface area (Å²) in [5.41, 5.74) is 0. The van der Waals surface area contributed by atoms with Crippen molar-refractivity contribution in [3.8, 4) is 0 Å². The zero-order valence-corrected chi connectivity index (χ0v) is 7.66. The molecule has 0 spiro atoms. The third-order valence-electron chi connectivity index (χ3n) is 0.568. The van der Waals surface area contributed by atoms with Crippen LogP contribution in [0.15, 0.2) is 4.99 Å². The Hall–Kier alpha value is -1.62. The van der Waals surface area contributed by atoms with Crippen LogP contribution in [0.1, 0.15) is 0 Å². The van der Waals surface area contributed by atoms with Crippen LogP contribution in [0.3, 0.4) is 0 Å². The minimum atomic E-state index is -1.75. The van der Waals surface area contributed by atoms with E-state index in [1.165, 1.54) is 0 Å². The molecule has 14 heavy (non-hydrogen) atoms. The topological polar surface area (TPSA) is 157 Å². The smallest absolute Gasteiger partial charge is 0.375 e. The van der Waals surface area contributed by atoms with Crippen LogP contribution < -0.4 is 5.32 Å². The Morgan fingerprint density at radius 3 is 1.57 bits per heavy atom. The summed E-state index contributed by atoms with van der Waals surface area (Å²) in [5.74, 6) is 0. The van der Waals surface area contributed by atoms with E-state index in [1.807, 2.05) is 0 Å². The molecule has 0 fully saturated rings. The molecule has 11 heteroatoms. The van der Waals surface area contributed by atoms with Crippen molar-refractivity contribution in [2.45, 2.75) is 0 Å².